The number of rotatable bonds is 4. The number of halogens is 1. The van der Waals surface area contributed by atoms with Crippen molar-refractivity contribution in [3.63, 3.8) is 0 Å². The van der Waals surface area contributed by atoms with Crippen LogP contribution in [0.5, 0.6) is 0 Å². The van der Waals surface area contributed by atoms with Gasteiger partial charge in [-0.15, -0.1) is 10.2 Å². The summed E-state index contributed by atoms with van der Waals surface area (Å²) in [7, 11) is 0. The Balaban J connectivity index is 1.34. The van der Waals surface area contributed by atoms with Crippen LogP contribution in [0.4, 0.5) is 15.9 Å². The van der Waals surface area contributed by atoms with E-state index in [2.05, 4.69) is 25.4 Å². The van der Waals surface area contributed by atoms with E-state index in [1.165, 1.54) is 12.1 Å². The van der Waals surface area contributed by atoms with E-state index >= 15 is 0 Å². The molecule has 3 aromatic rings. The number of nitrogens with zero attached hydrogens (tertiary/aromatic N) is 4. The lowest BCUT2D eigenvalue weighted by atomic mass is 9.96. The molecule has 2 aromatic heterocycles. The van der Waals surface area contributed by atoms with Crippen LogP contribution in [0.25, 0.3) is 11.3 Å². The van der Waals surface area contributed by atoms with Crippen molar-refractivity contribution in [2.75, 3.05) is 23.3 Å². The zero-order valence-electron chi connectivity index (χ0n) is 15.3. The van der Waals surface area contributed by atoms with Crippen LogP contribution in [0.1, 0.15) is 12.8 Å². The van der Waals surface area contributed by atoms with E-state index in [-0.39, 0.29) is 17.6 Å². The molecule has 1 fully saturated rings. The zero-order valence-corrected chi connectivity index (χ0v) is 15.3. The fraction of sp³-hybridized carbons (Fsp3) is 0.238. The van der Waals surface area contributed by atoms with Crippen molar-refractivity contribution >= 4 is 17.4 Å². The number of pyridine rings is 1. The quantitative estimate of drug-likeness (QED) is 0.753. The van der Waals surface area contributed by atoms with Gasteiger partial charge in [0.2, 0.25) is 5.91 Å². The van der Waals surface area contributed by atoms with E-state index in [0.717, 1.165) is 30.2 Å². The van der Waals surface area contributed by atoms with Gasteiger partial charge < -0.3 is 10.2 Å². The maximum Gasteiger partial charge on any atom is 0.227 e. The van der Waals surface area contributed by atoms with Crippen LogP contribution >= 0.6 is 0 Å². The molecular formula is C21H20FN5O. The Morgan fingerprint density at radius 2 is 1.93 bits per heavy atom. The predicted octanol–water partition coefficient (Wildman–Crippen LogP) is 3.53. The first-order chi connectivity index (χ1) is 13.7. The van der Waals surface area contributed by atoms with E-state index in [9.17, 15) is 9.18 Å². The third-order valence-electron chi connectivity index (χ3n) is 4.89. The molecule has 0 radical (unpaired) electrons. The summed E-state index contributed by atoms with van der Waals surface area (Å²) in [6, 6.07) is 13.6. The summed E-state index contributed by atoms with van der Waals surface area (Å²) in [5.74, 6) is 0.281. The Kier molecular flexibility index (Phi) is 5.23. The number of hydrogen-bond donors (Lipinski definition) is 1. The van der Waals surface area contributed by atoms with Gasteiger partial charge in [0.15, 0.2) is 5.82 Å². The minimum Gasteiger partial charge on any atom is -0.355 e. The van der Waals surface area contributed by atoms with Crippen LogP contribution in [0.2, 0.25) is 0 Å². The minimum atomic E-state index is -0.360. The Morgan fingerprint density at radius 1 is 1.07 bits per heavy atom. The summed E-state index contributed by atoms with van der Waals surface area (Å²) in [6.07, 6.45) is 4.91. The third kappa shape index (κ3) is 4.14. The Hall–Kier alpha value is -3.35. The highest BCUT2D eigenvalue weighted by Crippen LogP contribution is 2.24. The molecule has 1 saturated heterocycles. The van der Waals surface area contributed by atoms with Crippen molar-refractivity contribution in [2.24, 2.45) is 5.92 Å². The van der Waals surface area contributed by atoms with E-state index in [1.54, 1.807) is 24.5 Å². The van der Waals surface area contributed by atoms with Crippen LogP contribution in [0.3, 0.4) is 0 Å². The SMILES string of the molecule is O=C(Nc1cccc(F)c1)C1CCN(c2ccc(-c3cccnc3)nn2)CC1. The molecular weight excluding hydrogens is 357 g/mol. The Morgan fingerprint density at radius 3 is 2.61 bits per heavy atom. The molecule has 1 aliphatic rings. The molecule has 0 unspecified atom stereocenters. The molecule has 28 heavy (non-hydrogen) atoms. The first kappa shape index (κ1) is 18.0. The van der Waals surface area contributed by atoms with E-state index in [0.29, 0.717) is 18.5 Å². The number of piperidine rings is 1. The molecule has 142 valence electrons. The maximum absolute atomic E-state index is 13.3. The summed E-state index contributed by atoms with van der Waals surface area (Å²) >= 11 is 0. The topological polar surface area (TPSA) is 71.0 Å². The number of hydrogen-bond acceptors (Lipinski definition) is 5. The predicted molar refractivity (Wildman–Crippen MR) is 105 cm³/mol. The second kappa shape index (κ2) is 8.12. The minimum absolute atomic E-state index is 0.0664. The van der Waals surface area contributed by atoms with E-state index in [1.807, 2.05) is 24.3 Å². The number of nitrogens with one attached hydrogen (secondary N) is 1. The smallest absolute Gasteiger partial charge is 0.227 e. The first-order valence-electron chi connectivity index (χ1n) is 9.24. The molecule has 1 aromatic carbocycles. The number of benzene rings is 1. The fourth-order valence-electron chi connectivity index (χ4n) is 3.34. The van der Waals surface area contributed by atoms with E-state index < -0.39 is 0 Å². The van der Waals surface area contributed by atoms with Gasteiger partial charge >= 0.3 is 0 Å². The standard InChI is InChI=1S/C21H20FN5O/c22-17-4-1-5-18(13-17)24-21(28)15-8-11-27(12-9-15)20-7-6-19(25-26-20)16-3-2-10-23-14-16/h1-7,10,13-15H,8-9,11-12H2,(H,24,28). The molecule has 0 spiro atoms. The molecule has 7 heteroatoms. The van der Waals surface area contributed by atoms with Crippen LogP contribution in [-0.2, 0) is 4.79 Å². The normalized spacial score (nSPS) is 14.7. The zero-order chi connectivity index (χ0) is 19.3. The van der Waals surface area contributed by atoms with Gasteiger partial charge in [-0.05, 0) is 55.3 Å². The van der Waals surface area contributed by atoms with Gasteiger partial charge in [-0.2, -0.15) is 0 Å². The van der Waals surface area contributed by atoms with Crippen LogP contribution in [0.15, 0.2) is 60.9 Å². The van der Waals surface area contributed by atoms with Gasteiger partial charge in [-0.1, -0.05) is 6.07 Å². The Bertz CT molecular complexity index is 941. The molecule has 1 aliphatic heterocycles. The summed E-state index contributed by atoms with van der Waals surface area (Å²) < 4.78 is 13.3. The van der Waals surface area contributed by atoms with Gasteiger partial charge in [-0.25, -0.2) is 4.39 Å². The van der Waals surface area contributed by atoms with Gasteiger partial charge in [0.05, 0.1) is 5.69 Å². The number of anilines is 2. The molecule has 0 saturated carbocycles. The first-order valence-corrected chi connectivity index (χ1v) is 9.24. The van der Waals surface area contributed by atoms with Crippen molar-refractivity contribution in [3.05, 3.63) is 66.7 Å². The molecule has 0 atom stereocenters. The molecule has 1 N–H and O–H groups in total. The summed E-state index contributed by atoms with van der Waals surface area (Å²) in [6.45, 7) is 1.45. The summed E-state index contributed by atoms with van der Waals surface area (Å²) in [4.78, 5) is 18.7. The lowest BCUT2D eigenvalue weighted by molar-refractivity contribution is -0.120. The van der Waals surface area contributed by atoms with Crippen LogP contribution in [0, 0.1) is 11.7 Å². The number of amides is 1. The molecule has 0 aliphatic carbocycles. The van der Waals surface area contributed by atoms with Crippen molar-refractivity contribution in [2.45, 2.75) is 12.8 Å². The summed E-state index contributed by atoms with van der Waals surface area (Å²) in [5, 5.41) is 11.4. The number of carbonyl (C=O) groups is 1. The molecule has 6 nitrogen and oxygen atoms in total. The van der Waals surface area contributed by atoms with Crippen LogP contribution in [-0.4, -0.2) is 34.2 Å². The molecule has 1 amide bonds. The van der Waals surface area contributed by atoms with Gasteiger partial charge in [0, 0.05) is 42.7 Å². The second-order valence-corrected chi connectivity index (χ2v) is 6.78. The largest absolute Gasteiger partial charge is 0.355 e. The highest BCUT2D eigenvalue weighted by molar-refractivity contribution is 5.92. The van der Waals surface area contributed by atoms with Crippen molar-refractivity contribution in [3.8, 4) is 11.3 Å². The highest BCUT2D eigenvalue weighted by atomic mass is 19.1. The van der Waals surface area contributed by atoms with Gasteiger partial charge in [-0.3, -0.25) is 9.78 Å². The second-order valence-electron chi connectivity index (χ2n) is 6.78. The van der Waals surface area contributed by atoms with E-state index in [4.69, 9.17) is 0 Å². The van der Waals surface area contributed by atoms with Crippen LogP contribution < -0.4 is 10.2 Å². The molecule has 4 rings (SSSR count). The number of aromatic nitrogens is 3. The lowest BCUT2D eigenvalue weighted by Gasteiger charge is -2.31. The van der Waals surface area contributed by atoms with Gasteiger partial charge in [0.1, 0.15) is 5.82 Å². The van der Waals surface area contributed by atoms with Crippen molar-refractivity contribution in [1.29, 1.82) is 0 Å². The van der Waals surface area contributed by atoms with Crippen molar-refractivity contribution < 1.29 is 9.18 Å². The highest BCUT2D eigenvalue weighted by Gasteiger charge is 2.26. The third-order valence-corrected chi connectivity index (χ3v) is 4.89. The number of carbonyl (C=O) groups excluding carboxylic acids is 1. The molecule has 3 heterocycles. The maximum atomic E-state index is 13.3. The fourth-order valence-corrected chi connectivity index (χ4v) is 3.34. The Labute approximate surface area is 162 Å². The lowest BCUT2D eigenvalue weighted by Crippen LogP contribution is -2.38. The van der Waals surface area contributed by atoms with Gasteiger partial charge in [0.25, 0.3) is 0 Å². The molecule has 0 bridgehead atoms. The average Bonchev–Trinajstić information content (AvgIpc) is 2.75. The monoisotopic (exact) mass is 377 g/mol. The van der Waals surface area contributed by atoms with Crippen molar-refractivity contribution in [1.82, 2.24) is 15.2 Å². The average molecular weight is 377 g/mol. The summed E-state index contributed by atoms with van der Waals surface area (Å²) in [5.41, 5.74) is 2.19.